The van der Waals surface area contributed by atoms with Gasteiger partial charge in [0.15, 0.2) is 5.96 Å². The van der Waals surface area contributed by atoms with Crippen LogP contribution >= 0.6 is 0 Å². The van der Waals surface area contributed by atoms with Gasteiger partial charge < -0.3 is 29.6 Å². The zero-order valence-electron chi connectivity index (χ0n) is 17.2. The first kappa shape index (κ1) is 21.8. The Bertz CT molecular complexity index is 688. The Hall–Kier alpha value is -2.51. The molecule has 2 aromatic rings. The van der Waals surface area contributed by atoms with Gasteiger partial charge in [0.05, 0.1) is 6.61 Å². The number of likely N-dealkylation sites (N-methyl/N-ethyl adjacent to an activating group) is 1. The summed E-state index contributed by atoms with van der Waals surface area (Å²) in [6, 6.07) is 12.2. The third-order valence-electron chi connectivity index (χ3n) is 4.33. The lowest BCUT2D eigenvalue weighted by molar-refractivity contribution is 0.150. The van der Waals surface area contributed by atoms with Gasteiger partial charge in [-0.1, -0.05) is 12.1 Å². The molecule has 0 unspecified atom stereocenters. The quantitative estimate of drug-likeness (QED) is 0.430. The summed E-state index contributed by atoms with van der Waals surface area (Å²) in [5.74, 6) is 1.67. The van der Waals surface area contributed by atoms with Gasteiger partial charge in [-0.2, -0.15) is 0 Å². The number of hydrogen-bond donors (Lipinski definition) is 2. The molecule has 1 aromatic carbocycles. The summed E-state index contributed by atoms with van der Waals surface area (Å²) in [6.45, 7) is 5.56. The lowest BCUT2D eigenvalue weighted by Crippen LogP contribution is -2.38. The highest BCUT2D eigenvalue weighted by atomic mass is 16.5. The number of rotatable bonds is 12. The van der Waals surface area contributed by atoms with Crippen LogP contribution in [0.1, 0.15) is 5.56 Å². The predicted molar refractivity (Wildman–Crippen MR) is 114 cm³/mol. The molecule has 28 heavy (non-hydrogen) atoms. The molecule has 0 saturated heterocycles. The Morgan fingerprint density at radius 2 is 1.89 bits per heavy atom. The second-order valence-corrected chi connectivity index (χ2v) is 6.57. The van der Waals surface area contributed by atoms with Crippen LogP contribution in [0.2, 0.25) is 0 Å². The van der Waals surface area contributed by atoms with Crippen LogP contribution in [-0.2, 0) is 17.8 Å². The molecule has 2 N–H and O–H groups in total. The number of ether oxygens (including phenoxy) is 2. The first-order chi connectivity index (χ1) is 13.7. The van der Waals surface area contributed by atoms with Gasteiger partial charge in [-0.3, -0.25) is 4.99 Å². The van der Waals surface area contributed by atoms with Gasteiger partial charge in [0.25, 0.3) is 0 Å². The maximum absolute atomic E-state index is 5.88. The van der Waals surface area contributed by atoms with Gasteiger partial charge in [-0.25, -0.2) is 0 Å². The predicted octanol–water partition coefficient (Wildman–Crippen LogP) is 1.81. The minimum Gasteiger partial charge on any atom is -0.492 e. The number of aromatic nitrogens is 1. The topological polar surface area (TPSA) is 63.0 Å². The van der Waals surface area contributed by atoms with Gasteiger partial charge >= 0.3 is 0 Å². The molecule has 0 radical (unpaired) electrons. The largest absolute Gasteiger partial charge is 0.492 e. The first-order valence-electron chi connectivity index (χ1n) is 9.65. The van der Waals surface area contributed by atoms with E-state index in [4.69, 9.17) is 9.47 Å². The van der Waals surface area contributed by atoms with Crippen molar-refractivity contribution in [3.8, 4) is 5.75 Å². The maximum atomic E-state index is 5.88. The Kier molecular flexibility index (Phi) is 9.96. The van der Waals surface area contributed by atoms with Crippen LogP contribution in [0.4, 0.5) is 0 Å². The molecule has 0 aliphatic rings. The van der Waals surface area contributed by atoms with E-state index < -0.39 is 0 Å². The van der Waals surface area contributed by atoms with Crippen LogP contribution < -0.4 is 15.4 Å². The lowest BCUT2D eigenvalue weighted by atomic mass is 10.2. The molecule has 0 fully saturated rings. The van der Waals surface area contributed by atoms with Crippen molar-refractivity contribution in [2.45, 2.75) is 13.1 Å². The van der Waals surface area contributed by atoms with Crippen molar-refractivity contribution in [1.82, 2.24) is 20.1 Å². The summed E-state index contributed by atoms with van der Waals surface area (Å²) >= 11 is 0. The highest BCUT2D eigenvalue weighted by molar-refractivity contribution is 5.79. The summed E-state index contributed by atoms with van der Waals surface area (Å²) in [7, 11) is 5.57. The Morgan fingerprint density at radius 3 is 2.64 bits per heavy atom. The number of hydrogen-bond acceptors (Lipinski definition) is 4. The fraction of sp³-hybridized carbons (Fsp3) is 0.476. The van der Waals surface area contributed by atoms with E-state index >= 15 is 0 Å². The standard InChI is InChI=1S/C21H33N5O2/c1-22-21(23-9-12-26-10-4-5-11-26)24-18-19-7-6-8-20(17-19)28-16-14-25(2)13-15-27-3/h4-8,10-11,17H,9,12-16,18H2,1-3H3,(H2,22,23,24). The molecule has 154 valence electrons. The zero-order valence-corrected chi connectivity index (χ0v) is 17.2. The van der Waals surface area contributed by atoms with E-state index in [9.17, 15) is 0 Å². The number of methoxy groups -OCH3 is 1. The summed E-state index contributed by atoms with van der Waals surface area (Å²) in [5.41, 5.74) is 1.15. The minimum absolute atomic E-state index is 0.652. The van der Waals surface area contributed by atoms with Crippen molar-refractivity contribution in [1.29, 1.82) is 0 Å². The fourth-order valence-electron chi connectivity index (χ4n) is 2.65. The average molecular weight is 388 g/mol. The third kappa shape index (κ3) is 8.45. The van der Waals surface area contributed by atoms with Crippen LogP contribution in [0, 0.1) is 0 Å². The average Bonchev–Trinajstić information content (AvgIpc) is 3.23. The molecule has 0 aliphatic heterocycles. The molecule has 7 nitrogen and oxygen atoms in total. The van der Waals surface area contributed by atoms with Crippen molar-refractivity contribution in [3.63, 3.8) is 0 Å². The number of aliphatic imine (C=N–C) groups is 1. The molecular formula is C21H33N5O2. The second kappa shape index (κ2) is 12.8. The van der Waals surface area contributed by atoms with Crippen LogP contribution in [0.15, 0.2) is 53.8 Å². The molecule has 0 saturated carbocycles. The van der Waals surface area contributed by atoms with Crippen molar-refractivity contribution >= 4 is 5.96 Å². The summed E-state index contributed by atoms with van der Waals surface area (Å²) in [5, 5.41) is 6.67. The second-order valence-electron chi connectivity index (χ2n) is 6.57. The fourth-order valence-corrected chi connectivity index (χ4v) is 2.65. The molecule has 0 atom stereocenters. The van der Waals surface area contributed by atoms with Crippen molar-refractivity contribution in [2.75, 3.05) is 54.1 Å². The van der Waals surface area contributed by atoms with Gasteiger partial charge in [0.2, 0.25) is 0 Å². The minimum atomic E-state index is 0.652. The van der Waals surface area contributed by atoms with E-state index in [1.165, 1.54) is 0 Å². The Morgan fingerprint density at radius 1 is 1.11 bits per heavy atom. The van der Waals surface area contributed by atoms with E-state index in [0.29, 0.717) is 13.2 Å². The Labute approximate surface area is 168 Å². The van der Waals surface area contributed by atoms with Crippen LogP contribution in [-0.4, -0.2) is 69.5 Å². The summed E-state index contributed by atoms with van der Waals surface area (Å²) in [4.78, 5) is 6.47. The zero-order chi connectivity index (χ0) is 20.0. The highest BCUT2D eigenvalue weighted by Crippen LogP contribution is 2.13. The van der Waals surface area contributed by atoms with Crippen LogP contribution in [0.5, 0.6) is 5.75 Å². The van der Waals surface area contributed by atoms with E-state index in [0.717, 1.165) is 50.1 Å². The lowest BCUT2D eigenvalue weighted by Gasteiger charge is -2.16. The number of guanidine groups is 1. The molecule has 0 aliphatic carbocycles. The molecule has 2 rings (SSSR count). The number of nitrogens with zero attached hydrogens (tertiary/aromatic N) is 3. The van der Waals surface area contributed by atoms with Crippen LogP contribution in [0.3, 0.4) is 0 Å². The highest BCUT2D eigenvalue weighted by Gasteiger charge is 2.02. The first-order valence-corrected chi connectivity index (χ1v) is 9.65. The summed E-state index contributed by atoms with van der Waals surface area (Å²) < 4.78 is 13.1. The SMILES string of the molecule is CN=C(NCCn1cccc1)NCc1cccc(OCCN(C)CCOC)c1. The van der Waals surface area contributed by atoms with Crippen molar-refractivity contribution in [2.24, 2.45) is 4.99 Å². The smallest absolute Gasteiger partial charge is 0.191 e. The third-order valence-corrected chi connectivity index (χ3v) is 4.33. The van der Waals surface area contributed by atoms with Crippen molar-refractivity contribution in [3.05, 3.63) is 54.4 Å². The molecule has 0 bridgehead atoms. The van der Waals surface area contributed by atoms with E-state index in [1.807, 2.05) is 24.3 Å². The van der Waals surface area contributed by atoms with Gasteiger partial charge in [-0.15, -0.1) is 0 Å². The molecule has 1 aromatic heterocycles. The van der Waals surface area contributed by atoms with Gasteiger partial charge in [-0.05, 0) is 36.9 Å². The monoisotopic (exact) mass is 387 g/mol. The molecular weight excluding hydrogens is 354 g/mol. The van der Waals surface area contributed by atoms with Gasteiger partial charge in [0, 0.05) is 59.3 Å². The molecule has 0 spiro atoms. The number of nitrogens with one attached hydrogen (secondary N) is 2. The van der Waals surface area contributed by atoms with E-state index in [-0.39, 0.29) is 0 Å². The molecule has 7 heteroatoms. The van der Waals surface area contributed by atoms with Crippen molar-refractivity contribution < 1.29 is 9.47 Å². The molecule has 1 heterocycles. The molecule has 0 amide bonds. The maximum Gasteiger partial charge on any atom is 0.191 e. The number of benzene rings is 1. The normalized spacial score (nSPS) is 11.6. The summed E-state index contributed by atoms with van der Waals surface area (Å²) in [6.07, 6.45) is 4.11. The Balaban J connectivity index is 1.70. The van der Waals surface area contributed by atoms with E-state index in [2.05, 4.69) is 56.7 Å². The van der Waals surface area contributed by atoms with E-state index in [1.54, 1.807) is 14.2 Å². The van der Waals surface area contributed by atoms with Gasteiger partial charge in [0.1, 0.15) is 12.4 Å². The van der Waals surface area contributed by atoms with Crippen LogP contribution in [0.25, 0.3) is 0 Å².